The van der Waals surface area contributed by atoms with Gasteiger partial charge >= 0.3 is 0 Å². The summed E-state index contributed by atoms with van der Waals surface area (Å²) in [4.78, 5) is 18.7. The SMILES string of the molecule is CCCc1c(C)nc2sc(C(=O)SC(C)(C)C)c(N)c2c1C. The van der Waals surface area contributed by atoms with Crippen LogP contribution in [0.4, 0.5) is 5.69 Å². The maximum Gasteiger partial charge on any atom is 0.232 e. The molecule has 3 nitrogen and oxygen atoms in total. The quantitative estimate of drug-likeness (QED) is 0.845. The molecule has 0 atom stereocenters. The van der Waals surface area contributed by atoms with E-state index in [0.29, 0.717) is 10.6 Å². The van der Waals surface area contributed by atoms with E-state index in [1.807, 2.05) is 27.7 Å². The van der Waals surface area contributed by atoms with Crippen LogP contribution in [0.5, 0.6) is 0 Å². The van der Waals surface area contributed by atoms with E-state index in [1.54, 1.807) is 0 Å². The molecule has 0 aliphatic carbocycles. The Bertz CT molecular complexity index is 727. The average Bonchev–Trinajstić information content (AvgIpc) is 2.69. The largest absolute Gasteiger partial charge is 0.397 e. The summed E-state index contributed by atoms with van der Waals surface area (Å²) in [6, 6.07) is 0. The molecule has 0 unspecified atom stereocenters. The van der Waals surface area contributed by atoms with Gasteiger partial charge in [0.25, 0.3) is 0 Å². The number of thioether (sulfide) groups is 1. The fraction of sp³-hybridized carbons (Fsp3) is 0.529. The Kier molecular flexibility index (Phi) is 4.87. The molecule has 0 fully saturated rings. The van der Waals surface area contributed by atoms with E-state index in [-0.39, 0.29) is 9.86 Å². The first-order valence-electron chi connectivity index (χ1n) is 7.57. The van der Waals surface area contributed by atoms with E-state index in [2.05, 4.69) is 13.8 Å². The fourth-order valence-corrected chi connectivity index (χ4v) is 4.65. The van der Waals surface area contributed by atoms with Gasteiger partial charge < -0.3 is 5.73 Å². The lowest BCUT2D eigenvalue weighted by Crippen LogP contribution is -2.12. The van der Waals surface area contributed by atoms with Gasteiger partial charge in [0.05, 0.1) is 5.69 Å². The van der Waals surface area contributed by atoms with Crippen molar-refractivity contribution in [2.24, 2.45) is 0 Å². The van der Waals surface area contributed by atoms with E-state index >= 15 is 0 Å². The van der Waals surface area contributed by atoms with Crippen molar-refractivity contribution in [3.8, 4) is 0 Å². The number of anilines is 1. The Morgan fingerprint density at radius 2 is 1.95 bits per heavy atom. The standard InChI is InChI=1S/C17H24N2OS2/c1-7-8-11-9(2)12-13(18)14(16(20)22-17(4,5)6)21-15(12)19-10(11)3/h7-8,18H2,1-6H3. The minimum atomic E-state index is -0.120. The van der Waals surface area contributed by atoms with Gasteiger partial charge in [-0.05, 0) is 31.4 Å². The molecule has 2 aromatic rings. The Balaban J connectivity index is 2.59. The molecule has 2 N–H and O–H groups in total. The second kappa shape index (κ2) is 6.20. The highest BCUT2D eigenvalue weighted by molar-refractivity contribution is 8.15. The van der Waals surface area contributed by atoms with Gasteiger partial charge in [0.2, 0.25) is 5.12 Å². The number of hydrogen-bond donors (Lipinski definition) is 1. The second-order valence-corrected chi connectivity index (χ2v) is 9.38. The van der Waals surface area contributed by atoms with Gasteiger partial charge in [-0.2, -0.15) is 0 Å². The van der Waals surface area contributed by atoms with E-state index in [0.717, 1.165) is 28.8 Å². The summed E-state index contributed by atoms with van der Waals surface area (Å²) in [6.07, 6.45) is 2.07. The van der Waals surface area contributed by atoms with Crippen molar-refractivity contribution < 1.29 is 4.79 Å². The van der Waals surface area contributed by atoms with Crippen LogP contribution in [0.3, 0.4) is 0 Å². The molecule has 0 spiro atoms. The van der Waals surface area contributed by atoms with Gasteiger partial charge in [-0.15, -0.1) is 11.3 Å². The van der Waals surface area contributed by atoms with Gasteiger partial charge in [0.1, 0.15) is 9.71 Å². The zero-order valence-electron chi connectivity index (χ0n) is 14.2. The number of carbonyl (C=O) groups is 1. The van der Waals surface area contributed by atoms with Crippen LogP contribution in [0.25, 0.3) is 10.2 Å². The Hall–Kier alpha value is -1.07. The highest BCUT2D eigenvalue weighted by atomic mass is 32.2. The van der Waals surface area contributed by atoms with E-state index in [9.17, 15) is 4.79 Å². The molecule has 0 amide bonds. The second-order valence-electron chi connectivity index (χ2n) is 6.58. The minimum Gasteiger partial charge on any atom is -0.397 e. The van der Waals surface area contributed by atoms with E-state index in [4.69, 9.17) is 10.7 Å². The molecule has 22 heavy (non-hydrogen) atoms. The number of aromatic nitrogens is 1. The summed E-state index contributed by atoms with van der Waals surface area (Å²) in [5.41, 5.74) is 10.4. The Morgan fingerprint density at radius 1 is 1.32 bits per heavy atom. The lowest BCUT2D eigenvalue weighted by atomic mass is 10.00. The van der Waals surface area contributed by atoms with Crippen LogP contribution in [0.15, 0.2) is 0 Å². The Labute approximate surface area is 140 Å². The van der Waals surface area contributed by atoms with Crippen molar-refractivity contribution in [2.45, 2.75) is 59.1 Å². The molecule has 5 heteroatoms. The van der Waals surface area contributed by atoms with Crippen molar-refractivity contribution in [1.82, 2.24) is 4.98 Å². The van der Waals surface area contributed by atoms with Crippen LogP contribution in [0.1, 0.15) is 60.6 Å². The summed E-state index contributed by atoms with van der Waals surface area (Å²) in [5.74, 6) is 0. The molecular weight excluding hydrogens is 312 g/mol. The first-order valence-corrected chi connectivity index (χ1v) is 9.20. The predicted molar refractivity (Wildman–Crippen MR) is 99.2 cm³/mol. The number of nitrogens with zero attached hydrogens (tertiary/aromatic N) is 1. The number of pyridine rings is 1. The molecule has 2 rings (SSSR count). The smallest absolute Gasteiger partial charge is 0.232 e. The van der Waals surface area contributed by atoms with Crippen LogP contribution in [0, 0.1) is 13.8 Å². The molecule has 0 saturated carbocycles. The topological polar surface area (TPSA) is 56.0 Å². The van der Waals surface area contributed by atoms with Gasteiger partial charge in [-0.25, -0.2) is 4.98 Å². The number of nitrogens with two attached hydrogens (primary N) is 1. The average molecular weight is 337 g/mol. The summed E-state index contributed by atoms with van der Waals surface area (Å²) < 4.78 is -0.120. The van der Waals surface area contributed by atoms with Crippen LogP contribution in [-0.4, -0.2) is 14.8 Å². The third-order valence-electron chi connectivity index (χ3n) is 3.54. The Morgan fingerprint density at radius 3 is 2.50 bits per heavy atom. The number of carbonyl (C=O) groups excluding carboxylic acids is 1. The molecule has 2 aromatic heterocycles. The fourth-order valence-electron chi connectivity index (χ4n) is 2.61. The first kappa shape index (κ1) is 17.3. The lowest BCUT2D eigenvalue weighted by Gasteiger charge is -2.15. The summed E-state index contributed by atoms with van der Waals surface area (Å²) in [6.45, 7) is 12.4. The van der Waals surface area contributed by atoms with E-state index in [1.165, 1.54) is 34.2 Å². The maximum atomic E-state index is 12.5. The minimum absolute atomic E-state index is 0.0436. The zero-order valence-corrected chi connectivity index (χ0v) is 15.8. The zero-order chi connectivity index (χ0) is 16.7. The van der Waals surface area contributed by atoms with Gasteiger partial charge in [-0.1, -0.05) is 45.9 Å². The highest BCUT2D eigenvalue weighted by Crippen LogP contribution is 2.40. The number of fused-ring (bicyclic) bond motifs is 1. The first-order chi connectivity index (χ1) is 10.2. The lowest BCUT2D eigenvalue weighted by molar-refractivity contribution is 0.109. The molecular formula is C17H24N2OS2. The molecule has 0 bridgehead atoms. The van der Waals surface area contributed by atoms with Gasteiger partial charge in [0, 0.05) is 15.8 Å². The number of rotatable bonds is 3. The predicted octanol–water partition coefficient (Wildman–Crippen LogP) is 5.12. The molecule has 2 heterocycles. The van der Waals surface area contributed by atoms with Crippen molar-refractivity contribution >= 4 is 44.1 Å². The molecule has 0 aromatic carbocycles. The third-order valence-corrected chi connectivity index (χ3v) is 5.77. The molecule has 0 aliphatic rings. The molecule has 0 saturated heterocycles. The van der Waals surface area contributed by atoms with Crippen molar-refractivity contribution in [2.75, 3.05) is 5.73 Å². The summed E-state index contributed by atoms with van der Waals surface area (Å²) in [5, 5.41) is 1.01. The van der Waals surface area contributed by atoms with Crippen LogP contribution < -0.4 is 5.73 Å². The normalized spacial score (nSPS) is 12.1. The number of aryl methyl sites for hydroxylation is 2. The number of thiophene rings is 1. The van der Waals surface area contributed by atoms with E-state index < -0.39 is 0 Å². The summed E-state index contributed by atoms with van der Waals surface area (Å²) in [7, 11) is 0. The van der Waals surface area contributed by atoms with Crippen LogP contribution in [-0.2, 0) is 6.42 Å². The van der Waals surface area contributed by atoms with Crippen LogP contribution >= 0.6 is 23.1 Å². The number of nitrogen functional groups attached to an aromatic ring is 1. The van der Waals surface area contributed by atoms with Crippen molar-refractivity contribution in [3.63, 3.8) is 0 Å². The van der Waals surface area contributed by atoms with Crippen molar-refractivity contribution in [3.05, 3.63) is 21.7 Å². The third kappa shape index (κ3) is 3.30. The van der Waals surface area contributed by atoms with Crippen LogP contribution in [0.2, 0.25) is 0 Å². The number of hydrogen-bond acceptors (Lipinski definition) is 5. The molecule has 0 aliphatic heterocycles. The maximum absolute atomic E-state index is 12.5. The van der Waals surface area contributed by atoms with Gasteiger partial charge in [0.15, 0.2) is 0 Å². The summed E-state index contributed by atoms with van der Waals surface area (Å²) >= 11 is 2.75. The molecule has 0 radical (unpaired) electrons. The molecule has 120 valence electrons. The van der Waals surface area contributed by atoms with Gasteiger partial charge in [-0.3, -0.25) is 4.79 Å². The van der Waals surface area contributed by atoms with Crippen molar-refractivity contribution in [1.29, 1.82) is 0 Å². The highest BCUT2D eigenvalue weighted by Gasteiger charge is 2.25. The monoisotopic (exact) mass is 336 g/mol.